The van der Waals surface area contributed by atoms with Crippen LogP contribution in [0.3, 0.4) is 0 Å². The third-order valence-electron chi connectivity index (χ3n) is 2.37. The van der Waals surface area contributed by atoms with E-state index < -0.39 is 5.97 Å². The van der Waals surface area contributed by atoms with E-state index in [9.17, 15) is 4.79 Å². The van der Waals surface area contributed by atoms with Crippen molar-refractivity contribution in [2.24, 2.45) is 0 Å². The van der Waals surface area contributed by atoms with Gasteiger partial charge in [-0.15, -0.1) is 0 Å². The van der Waals surface area contributed by atoms with Crippen LogP contribution in [0.2, 0.25) is 0 Å². The summed E-state index contributed by atoms with van der Waals surface area (Å²) in [5, 5.41) is 10.1. The summed E-state index contributed by atoms with van der Waals surface area (Å²) in [7, 11) is 0. The van der Waals surface area contributed by atoms with Crippen LogP contribution in [-0.2, 0) is 0 Å². The number of fused-ring (bicyclic) bond motifs is 1. The van der Waals surface area contributed by atoms with Gasteiger partial charge >= 0.3 is 5.97 Å². The molecule has 8 heteroatoms. The molecule has 0 spiro atoms. The Hall–Kier alpha value is -2.48. The number of aromatic nitrogens is 5. The second-order valence-electron chi connectivity index (χ2n) is 3.57. The molecule has 0 amide bonds. The summed E-state index contributed by atoms with van der Waals surface area (Å²) >= 11 is 1.26. The van der Waals surface area contributed by atoms with Gasteiger partial charge in [0, 0.05) is 6.20 Å². The normalized spacial score (nSPS) is 10.7. The minimum absolute atomic E-state index is 0.187. The zero-order chi connectivity index (χ0) is 13.2. The van der Waals surface area contributed by atoms with Gasteiger partial charge in [0.15, 0.2) is 5.65 Å². The Balaban J connectivity index is 1.99. The first kappa shape index (κ1) is 11.6. The van der Waals surface area contributed by atoms with E-state index in [1.54, 1.807) is 0 Å². The number of nitrogens with one attached hydrogen (secondary N) is 1. The largest absolute Gasteiger partial charge is 0.478 e. The number of carbonyl (C=O) groups is 1. The molecule has 0 aromatic carbocycles. The molecule has 0 fully saturated rings. The molecule has 0 saturated carbocycles. The molecule has 0 aliphatic rings. The number of nitrogens with zero attached hydrogens (tertiary/aromatic N) is 4. The first-order valence-corrected chi connectivity index (χ1v) is 6.07. The molecule has 3 aromatic rings. The van der Waals surface area contributed by atoms with Crippen LogP contribution in [0, 0.1) is 0 Å². The van der Waals surface area contributed by atoms with Gasteiger partial charge in [-0.25, -0.2) is 24.7 Å². The standard InChI is InChI=1S/C11H7N5O2S/c17-11(18)6-1-2-12-7(3-6)19-10-8-9(14-4-13-8)15-5-16-10/h1-5H,(H,17,18)(H,13,14,15,16). The number of rotatable bonds is 3. The van der Waals surface area contributed by atoms with Crippen molar-refractivity contribution in [3.8, 4) is 0 Å². The number of carboxylic acids is 1. The average Bonchev–Trinajstić information content (AvgIpc) is 2.88. The molecule has 3 heterocycles. The van der Waals surface area contributed by atoms with E-state index in [1.165, 1.54) is 42.7 Å². The lowest BCUT2D eigenvalue weighted by Gasteiger charge is -2.01. The lowest BCUT2D eigenvalue weighted by atomic mass is 10.3. The summed E-state index contributed by atoms with van der Waals surface area (Å²) in [6.45, 7) is 0. The van der Waals surface area contributed by atoms with Crippen LogP contribution in [0.5, 0.6) is 0 Å². The zero-order valence-corrected chi connectivity index (χ0v) is 10.3. The molecule has 2 N–H and O–H groups in total. The van der Waals surface area contributed by atoms with E-state index in [-0.39, 0.29) is 5.56 Å². The van der Waals surface area contributed by atoms with Crippen LogP contribution in [0.15, 0.2) is 41.0 Å². The van der Waals surface area contributed by atoms with Gasteiger partial charge in [-0.3, -0.25) is 0 Å². The van der Waals surface area contributed by atoms with Crippen molar-refractivity contribution in [3.63, 3.8) is 0 Å². The maximum Gasteiger partial charge on any atom is 0.335 e. The number of hydrogen-bond acceptors (Lipinski definition) is 6. The van der Waals surface area contributed by atoms with E-state index >= 15 is 0 Å². The molecule has 0 aliphatic carbocycles. The maximum atomic E-state index is 10.9. The summed E-state index contributed by atoms with van der Waals surface area (Å²) < 4.78 is 0. The van der Waals surface area contributed by atoms with Crippen molar-refractivity contribution >= 4 is 28.9 Å². The van der Waals surface area contributed by atoms with E-state index in [4.69, 9.17) is 5.11 Å². The molecule has 94 valence electrons. The second kappa shape index (κ2) is 4.65. The number of H-pyrrole nitrogens is 1. The van der Waals surface area contributed by atoms with Gasteiger partial charge in [0.25, 0.3) is 0 Å². The van der Waals surface area contributed by atoms with E-state index in [0.29, 0.717) is 21.2 Å². The molecule has 0 unspecified atom stereocenters. The third kappa shape index (κ3) is 2.25. The molecule has 0 aliphatic heterocycles. The fourth-order valence-electron chi connectivity index (χ4n) is 1.52. The molecule has 0 saturated heterocycles. The Morgan fingerprint density at radius 2 is 2.16 bits per heavy atom. The molecule has 0 atom stereocenters. The van der Waals surface area contributed by atoms with Gasteiger partial charge in [0.05, 0.1) is 11.9 Å². The predicted octanol–water partition coefficient (Wildman–Crippen LogP) is 1.60. The van der Waals surface area contributed by atoms with Gasteiger partial charge in [0.2, 0.25) is 0 Å². The third-order valence-corrected chi connectivity index (χ3v) is 3.31. The number of aromatic carboxylic acids is 1. The van der Waals surface area contributed by atoms with E-state index in [2.05, 4.69) is 24.9 Å². The quantitative estimate of drug-likeness (QED) is 0.698. The SMILES string of the molecule is O=C(O)c1ccnc(Sc2ncnc3nc[nH]c23)c1. The highest BCUT2D eigenvalue weighted by molar-refractivity contribution is 7.99. The summed E-state index contributed by atoms with van der Waals surface area (Å²) in [6.07, 6.45) is 4.40. The lowest BCUT2D eigenvalue weighted by molar-refractivity contribution is 0.0696. The summed E-state index contributed by atoms with van der Waals surface area (Å²) in [5.74, 6) is -0.987. The van der Waals surface area contributed by atoms with Crippen molar-refractivity contribution in [1.82, 2.24) is 24.9 Å². The molecule has 7 nitrogen and oxygen atoms in total. The van der Waals surface area contributed by atoms with Crippen LogP contribution < -0.4 is 0 Å². The minimum Gasteiger partial charge on any atom is -0.478 e. The Labute approximate surface area is 111 Å². The van der Waals surface area contributed by atoms with Crippen LogP contribution in [0.4, 0.5) is 0 Å². The highest BCUT2D eigenvalue weighted by Crippen LogP contribution is 2.28. The number of pyridine rings is 1. The molecule has 0 bridgehead atoms. The van der Waals surface area contributed by atoms with Gasteiger partial charge < -0.3 is 10.1 Å². The van der Waals surface area contributed by atoms with Gasteiger partial charge in [0.1, 0.15) is 21.9 Å². The zero-order valence-electron chi connectivity index (χ0n) is 9.44. The minimum atomic E-state index is -0.987. The first-order chi connectivity index (χ1) is 9.24. The Morgan fingerprint density at radius 3 is 3.00 bits per heavy atom. The molecule has 0 radical (unpaired) electrons. The topological polar surface area (TPSA) is 105 Å². The fraction of sp³-hybridized carbons (Fsp3) is 0. The van der Waals surface area contributed by atoms with Crippen LogP contribution in [0.1, 0.15) is 10.4 Å². The number of carboxylic acid groups (broad SMARTS) is 1. The fourth-order valence-corrected chi connectivity index (χ4v) is 2.37. The summed E-state index contributed by atoms with van der Waals surface area (Å²) in [4.78, 5) is 30.1. The van der Waals surface area contributed by atoms with Crippen molar-refractivity contribution in [2.75, 3.05) is 0 Å². The van der Waals surface area contributed by atoms with Crippen molar-refractivity contribution in [2.45, 2.75) is 10.1 Å². The van der Waals surface area contributed by atoms with Crippen molar-refractivity contribution in [3.05, 3.63) is 36.5 Å². The van der Waals surface area contributed by atoms with Gasteiger partial charge in [-0.1, -0.05) is 0 Å². The van der Waals surface area contributed by atoms with Crippen LogP contribution in [0.25, 0.3) is 11.2 Å². The van der Waals surface area contributed by atoms with Crippen LogP contribution in [-0.4, -0.2) is 36.0 Å². The highest BCUT2D eigenvalue weighted by atomic mass is 32.2. The van der Waals surface area contributed by atoms with Gasteiger partial charge in [-0.2, -0.15) is 0 Å². The molecular weight excluding hydrogens is 266 g/mol. The summed E-state index contributed by atoms with van der Waals surface area (Å²) in [5.41, 5.74) is 1.45. The lowest BCUT2D eigenvalue weighted by Crippen LogP contribution is -1.97. The molecule has 3 rings (SSSR count). The predicted molar refractivity (Wildman–Crippen MR) is 67.0 cm³/mol. The average molecular weight is 273 g/mol. The smallest absolute Gasteiger partial charge is 0.335 e. The number of hydrogen-bond donors (Lipinski definition) is 2. The molecule has 3 aromatic heterocycles. The second-order valence-corrected chi connectivity index (χ2v) is 4.58. The van der Waals surface area contributed by atoms with Crippen molar-refractivity contribution in [1.29, 1.82) is 0 Å². The molecular formula is C11H7N5O2S. The number of imidazole rings is 1. The van der Waals surface area contributed by atoms with Gasteiger partial charge in [-0.05, 0) is 23.9 Å². The Bertz CT molecular complexity index is 757. The first-order valence-electron chi connectivity index (χ1n) is 5.25. The molecule has 19 heavy (non-hydrogen) atoms. The maximum absolute atomic E-state index is 10.9. The van der Waals surface area contributed by atoms with E-state index in [0.717, 1.165) is 0 Å². The van der Waals surface area contributed by atoms with E-state index in [1.807, 2.05) is 0 Å². The Kier molecular flexibility index (Phi) is 2.84. The van der Waals surface area contributed by atoms with Crippen molar-refractivity contribution < 1.29 is 9.90 Å². The number of aromatic amines is 1. The monoisotopic (exact) mass is 273 g/mol. The summed E-state index contributed by atoms with van der Waals surface area (Å²) in [6, 6.07) is 2.94. The van der Waals surface area contributed by atoms with Crippen LogP contribution >= 0.6 is 11.8 Å². The Morgan fingerprint density at radius 1 is 1.26 bits per heavy atom. The highest BCUT2D eigenvalue weighted by Gasteiger charge is 2.10.